The Morgan fingerprint density at radius 2 is 0.903 bits per heavy atom. The third-order valence-corrected chi connectivity index (χ3v) is 11.5. The molecule has 0 spiro atoms. The first-order valence-electron chi connectivity index (χ1n) is 25.0. The van der Waals surface area contributed by atoms with E-state index < -0.39 is 26.5 Å². The van der Waals surface area contributed by atoms with Gasteiger partial charge in [0.2, 0.25) is 0 Å². The quantitative estimate of drug-likeness (QED) is 0.0212. The normalized spacial score (nSPS) is 14.0. The molecule has 0 aliphatic heterocycles. The van der Waals surface area contributed by atoms with E-state index in [0.29, 0.717) is 17.4 Å². The molecule has 9 nitrogen and oxygen atoms in total. The summed E-state index contributed by atoms with van der Waals surface area (Å²) in [5, 5.41) is 0. The standard InChI is InChI=1S/C52H94NO8P/c1-6-8-10-12-14-16-18-20-22-24-26-28-30-32-34-36-38-40-42-44-51(54)58-48-50(49-60-62(56,57)59-47-46-53(3,4)5)61-52(55)45-43-41-39-37-35-33-31-29-27-25-23-21-19-17-15-13-11-9-7-2/h15,17,21,23,27,29,33,35,39,41,50H,6-14,16,18-20,22,24-26,28,30-32,34,36-38,40,42-49H2,1-5H3/p+1/b17-15+,23-21+,29-27+,35-33+,41-39+/t50-/m1/s1. The van der Waals surface area contributed by atoms with Crippen molar-refractivity contribution >= 4 is 19.8 Å². The van der Waals surface area contributed by atoms with Gasteiger partial charge < -0.3 is 18.9 Å². The van der Waals surface area contributed by atoms with Gasteiger partial charge in [0, 0.05) is 12.8 Å². The lowest BCUT2D eigenvalue weighted by atomic mass is 10.0. The molecule has 0 aliphatic carbocycles. The number of hydrogen-bond donors (Lipinski definition) is 1. The first-order chi connectivity index (χ1) is 30.0. The molecule has 62 heavy (non-hydrogen) atoms. The van der Waals surface area contributed by atoms with Crippen LogP contribution >= 0.6 is 7.82 Å². The predicted molar refractivity (Wildman–Crippen MR) is 261 cm³/mol. The Labute approximate surface area is 381 Å². The number of hydrogen-bond acceptors (Lipinski definition) is 7. The number of carbonyl (C=O) groups is 2. The van der Waals surface area contributed by atoms with Crippen LogP contribution in [0.1, 0.15) is 206 Å². The van der Waals surface area contributed by atoms with Crippen LogP contribution in [0.2, 0.25) is 0 Å². The Kier molecular flexibility index (Phi) is 42.3. The molecule has 360 valence electrons. The molecule has 0 aromatic heterocycles. The van der Waals surface area contributed by atoms with E-state index in [1.54, 1.807) is 0 Å². The molecule has 0 aliphatic rings. The fourth-order valence-electron chi connectivity index (χ4n) is 6.64. The minimum absolute atomic E-state index is 0.0174. The number of carbonyl (C=O) groups excluding carboxylic acids is 2. The minimum Gasteiger partial charge on any atom is -0.462 e. The Hall–Kier alpha value is -2.29. The van der Waals surface area contributed by atoms with Crippen LogP contribution in [-0.4, -0.2) is 74.9 Å². The van der Waals surface area contributed by atoms with Crippen LogP contribution in [0.4, 0.5) is 0 Å². The lowest BCUT2D eigenvalue weighted by molar-refractivity contribution is -0.870. The van der Waals surface area contributed by atoms with Crippen molar-refractivity contribution in [2.24, 2.45) is 0 Å². The molecular formula is C52H95NO8P+. The Morgan fingerprint density at radius 3 is 1.35 bits per heavy atom. The van der Waals surface area contributed by atoms with Gasteiger partial charge in [0.05, 0.1) is 27.7 Å². The van der Waals surface area contributed by atoms with Crippen LogP contribution in [0.3, 0.4) is 0 Å². The number of phosphoric ester groups is 1. The third kappa shape index (κ3) is 47.2. The maximum atomic E-state index is 12.7. The van der Waals surface area contributed by atoms with Crippen LogP contribution < -0.4 is 0 Å². The molecule has 1 unspecified atom stereocenters. The maximum Gasteiger partial charge on any atom is 0.472 e. The van der Waals surface area contributed by atoms with Gasteiger partial charge in [-0.25, -0.2) is 4.57 Å². The second-order valence-electron chi connectivity index (χ2n) is 17.9. The van der Waals surface area contributed by atoms with E-state index in [9.17, 15) is 19.0 Å². The van der Waals surface area contributed by atoms with E-state index in [-0.39, 0.29) is 32.0 Å². The molecule has 0 saturated carbocycles. The molecule has 2 atom stereocenters. The predicted octanol–water partition coefficient (Wildman–Crippen LogP) is 14.8. The average Bonchev–Trinajstić information content (AvgIpc) is 3.23. The highest BCUT2D eigenvalue weighted by atomic mass is 31.2. The second-order valence-corrected chi connectivity index (χ2v) is 19.3. The average molecular weight is 893 g/mol. The molecule has 10 heteroatoms. The summed E-state index contributed by atoms with van der Waals surface area (Å²) in [6.07, 6.45) is 54.3. The third-order valence-electron chi connectivity index (χ3n) is 10.6. The number of esters is 2. The summed E-state index contributed by atoms with van der Waals surface area (Å²) in [5.41, 5.74) is 0. The molecule has 0 heterocycles. The van der Waals surface area contributed by atoms with Crippen molar-refractivity contribution in [3.63, 3.8) is 0 Å². The highest BCUT2D eigenvalue weighted by molar-refractivity contribution is 7.47. The molecule has 0 aromatic carbocycles. The van der Waals surface area contributed by atoms with Crippen molar-refractivity contribution in [2.75, 3.05) is 47.5 Å². The summed E-state index contributed by atoms with van der Waals surface area (Å²) in [7, 11) is 1.43. The van der Waals surface area contributed by atoms with Crippen LogP contribution in [0, 0.1) is 0 Å². The van der Waals surface area contributed by atoms with Gasteiger partial charge in [-0.2, -0.15) is 0 Å². The zero-order chi connectivity index (χ0) is 45.7. The number of likely N-dealkylation sites (N-methyl/N-ethyl adjacent to an activating group) is 1. The molecule has 0 bridgehead atoms. The summed E-state index contributed by atoms with van der Waals surface area (Å²) >= 11 is 0. The van der Waals surface area contributed by atoms with E-state index in [1.165, 1.54) is 128 Å². The van der Waals surface area contributed by atoms with Gasteiger partial charge in [-0.15, -0.1) is 0 Å². The van der Waals surface area contributed by atoms with Gasteiger partial charge in [-0.05, 0) is 51.4 Å². The van der Waals surface area contributed by atoms with Gasteiger partial charge in [-0.1, -0.05) is 203 Å². The largest absolute Gasteiger partial charge is 0.472 e. The molecule has 0 saturated heterocycles. The van der Waals surface area contributed by atoms with E-state index in [0.717, 1.165) is 44.9 Å². The Balaban J connectivity index is 4.38. The molecule has 0 aromatic rings. The van der Waals surface area contributed by atoms with Crippen molar-refractivity contribution in [3.05, 3.63) is 60.8 Å². The molecule has 0 radical (unpaired) electrons. The number of phosphoric acid groups is 1. The smallest absolute Gasteiger partial charge is 0.462 e. The first-order valence-corrected chi connectivity index (χ1v) is 26.5. The highest BCUT2D eigenvalue weighted by Gasteiger charge is 2.27. The highest BCUT2D eigenvalue weighted by Crippen LogP contribution is 2.43. The lowest BCUT2D eigenvalue weighted by Gasteiger charge is -2.24. The zero-order valence-corrected chi connectivity index (χ0v) is 41.5. The maximum absolute atomic E-state index is 12.7. The number of allylic oxidation sites excluding steroid dienone is 10. The van der Waals surface area contributed by atoms with Gasteiger partial charge >= 0.3 is 19.8 Å². The van der Waals surface area contributed by atoms with Crippen LogP contribution in [0.25, 0.3) is 0 Å². The van der Waals surface area contributed by atoms with E-state index >= 15 is 0 Å². The molecule has 0 rings (SSSR count). The number of unbranched alkanes of at least 4 members (excludes halogenated alkanes) is 21. The van der Waals surface area contributed by atoms with Crippen molar-refractivity contribution in [2.45, 2.75) is 213 Å². The number of ether oxygens (including phenoxy) is 2. The van der Waals surface area contributed by atoms with E-state index in [2.05, 4.69) is 62.5 Å². The fourth-order valence-corrected chi connectivity index (χ4v) is 7.39. The van der Waals surface area contributed by atoms with Gasteiger partial charge in [-0.3, -0.25) is 18.6 Å². The van der Waals surface area contributed by atoms with Crippen molar-refractivity contribution < 1.29 is 42.1 Å². The van der Waals surface area contributed by atoms with Crippen LogP contribution in [-0.2, 0) is 32.7 Å². The van der Waals surface area contributed by atoms with Crippen LogP contribution in [0.5, 0.6) is 0 Å². The number of nitrogens with zero attached hydrogens (tertiary/aromatic N) is 1. The Morgan fingerprint density at radius 1 is 0.500 bits per heavy atom. The SMILES string of the molecule is CCCCC/C=C/C/C=C/C/C=C/C/C=C/C/C=C/CCC(=O)O[C@H](COC(=O)CCCCCCCCCCCCCCCCCCCCC)COP(=O)(O)OCC[N+](C)(C)C. The molecule has 0 amide bonds. The minimum atomic E-state index is -4.40. The topological polar surface area (TPSA) is 108 Å². The second kappa shape index (κ2) is 43.9. The van der Waals surface area contributed by atoms with Gasteiger partial charge in [0.1, 0.15) is 19.8 Å². The van der Waals surface area contributed by atoms with E-state index in [1.807, 2.05) is 33.3 Å². The summed E-state index contributed by atoms with van der Waals surface area (Å²) in [4.78, 5) is 35.5. The first kappa shape index (κ1) is 59.7. The Bertz CT molecular complexity index is 1240. The molecule has 0 fully saturated rings. The summed E-state index contributed by atoms with van der Waals surface area (Å²) in [6.45, 7) is 4.33. The molecular weight excluding hydrogens is 798 g/mol. The van der Waals surface area contributed by atoms with Crippen molar-refractivity contribution in [1.82, 2.24) is 0 Å². The van der Waals surface area contributed by atoms with Crippen LogP contribution in [0.15, 0.2) is 60.8 Å². The number of quaternary nitrogens is 1. The summed E-state index contributed by atoms with van der Waals surface area (Å²) in [5.74, 6) is -0.890. The number of rotatable bonds is 45. The zero-order valence-electron chi connectivity index (χ0n) is 40.6. The summed E-state index contributed by atoms with van der Waals surface area (Å²) < 4.78 is 34.3. The lowest BCUT2D eigenvalue weighted by Crippen LogP contribution is -2.37. The van der Waals surface area contributed by atoms with E-state index in [4.69, 9.17) is 18.5 Å². The summed E-state index contributed by atoms with van der Waals surface area (Å²) in [6, 6.07) is 0. The monoisotopic (exact) mass is 893 g/mol. The fraction of sp³-hybridized carbons (Fsp3) is 0.769. The van der Waals surface area contributed by atoms with Gasteiger partial charge in [0.25, 0.3) is 0 Å². The van der Waals surface area contributed by atoms with Crippen molar-refractivity contribution in [1.29, 1.82) is 0 Å². The van der Waals surface area contributed by atoms with Crippen molar-refractivity contribution in [3.8, 4) is 0 Å². The molecule has 1 N–H and O–H groups in total. The van der Waals surface area contributed by atoms with Gasteiger partial charge in [0.15, 0.2) is 6.10 Å².